The minimum atomic E-state index is 0.0438. The smallest absolute Gasteiger partial charge is 0.142 e. The minimum absolute atomic E-state index is 0.0438. The summed E-state index contributed by atoms with van der Waals surface area (Å²) < 4.78 is 7.33. The summed E-state index contributed by atoms with van der Waals surface area (Å²) in [5.74, 6) is 0.863. The van der Waals surface area contributed by atoms with Crippen LogP contribution in [-0.2, 0) is 0 Å². The lowest BCUT2D eigenvalue weighted by Gasteiger charge is -2.21. The molecule has 0 aliphatic heterocycles. The highest BCUT2D eigenvalue weighted by Crippen LogP contribution is 2.28. The molecule has 106 valence electrons. The molecule has 2 rings (SSSR count). The number of aromatic nitrogens is 1. The van der Waals surface area contributed by atoms with Crippen molar-refractivity contribution in [3.05, 3.63) is 57.4 Å². The van der Waals surface area contributed by atoms with Crippen molar-refractivity contribution in [2.75, 3.05) is 13.6 Å². The number of benzene rings is 1. The van der Waals surface area contributed by atoms with Crippen molar-refractivity contribution in [1.82, 2.24) is 10.3 Å². The Hall–Kier alpha value is -1.14. The molecule has 1 N–H and O–H groups in total. The molecule has 1 unspecified atom stereocenters. The largest absolute Gasteiger partial charge is 0.484 e. The molecule has 0 spiro atoms. The Balaban J connectivity index is 2.21. The lowest BCUT2D eigenvalue weighted by molar-refractivity contribution is 0.192. The zero-order valence-electron chi connectivity index (χ0n) is 11.8. The topological polar surface area (TPSA) is 34.1 Å². The first-order chi connectivity index (χ1) is 9.72. The van der Waals surface area contributed by atoms with Crippen LogP contribution in [0.2, 0.25) is 0 Å². The quantitative estimate of drug-likeness (QED) is 0.774. The Bertz CT molecular complexity index is 545. The molecule has 0 amide bonds. The fourth-order valence-electron chi connectivity index (χ4n) is 1.99. The van der Waals surface area contributed by atoms with Crippen molar-refractivity contribution >= 4 is 22.6 Å². The van der Waals surface area contributed by atoms with Crippen LogP contribution in [0.15, 0.2) is 42.7 Å². The van der Waals surface area contributed by atoms with Gasteiger partial charge in [0.15, 0.2) is 0 Å². The molecule has 0 fully saturated rings. The molecule has 0 aliphatic rings. The fourth-order valence-corrected chi connectivity index (χ4v) is 2.42. The van der Waals surface area contributed by atoms with Gasteiger partial charge in [0, 0.05) is 21.8 Å². The van der Waals surface area contributed by atoms with Crippen LogP contribution >= 0.6 is 22.6 Å². The van der Waals surface area contributed by atoms with Gasteiger partial charge in [-0.2, -0.15) is 0 Å². The number of ether oxygens (including phenoxy) is 1. The maximum Gasteiger partial charge on any atom is 0.142 e. The molecular formula is C16H19IN2O. The van der Waals surface area contributed by atoms with Gasteiger partial charge in [-0.25, -0.2) is 0 Å². The number of halogens is 1. The van der Waals surface area contributed by atoms with E-state index in [0.29, 0.717) is 0 Å². The molecule has 0 radical (unpaired) electrons. The molecule has 4 heteroatoms. The average molecular weight is 382 g/mol. The standard InChI is InChI=1S/C16H19IN2O/c1-12-14(17)10-19-11-16(12)20-15(8-9-18-2)13-6-4-3-5-7-13/h3-7,10-11,15,18H,8-9H2,1-2H3. The molecule has 1 aromatic heterocycles. The van der Waals surface area contributed by atoms with Crippen LogP contribution in [0.1, 0.15) is 23.7 Å². The zero-order valence-corrected chi connectivity index (χ0v) is 13.9. The maximum absolute atomic E-state index is 6.21. The number of rotatable bonds is 6. The molecule has 0 saturated heterocycles. The number of hydrogen-bond donors (Lipinski definition) is 1. The van der Waals surface area contributed by atoms with Gasteiger partial charge in [0.05, 0.1) is 6.20 Å². The first kappa shape index (κ1) is 15.3. The van der Waals surface area contributed by atoms with Gasteiger partial charge < -0.3 is 10.1 Å². The Morgan fingerprint density at radius 1 is 1.25 bits per heavy atom. The summed E-state index contributed by atoms with van der Waals surface area (Å²) in [4.78, 5) is 4.22. The molecule has 1 heterocycles. The van der Waals surface area contributed by atoms with Crippen LogP contribution < -0.4 is 10.1 Å². The first-order valence-corrected chi connectivity index (χ1v) is 7.76. The molecule has 2 aromatic rings. The van der Waals surface area contributed by atoms with Crippen LogP contribution in [0.4, 0.5) is 0 Å². The van der Waals surface area contributed by atoms with Gasteiger partial charge in [0.2, 0.25) is 0 Å². The highest BCUT2D eigenvalue weighted by Gasteiger charge is 2.15. The lowest BCUT2D eigenvalue weighted by Crippen LogP contribution is -2.16. The van der Waals surface area contributed by atoms with E-state index in [9.17, 15) is 0 Å². The van der Waals surface area contributed by atoms with E-state index in [-0.39, 0.29) is 6.10 Å². The molecule has 0 aliphatic carbocycles. The van der Waals surface area contributed by atoms with E-state index >= 15 is 0 Å². The Labute approximate surface area is 133 Å². The van der Waals surface area contributed by atoms with Gasteiger partial charge in [-0.05, 0) is 48.7 Å². The average Bonchev–Trinajstić information content (AvgIpc) is 2.48. The second-order valence-electron chi connectivity index (χ2n) is 4.65. The van der Waals surface area contributed by atoms with Crippen molar-refractivity contribution in [3.63, 3.8) is 0 Å². The van der Waals surface area contributed by atoms with Crippen LogP contribution in [0, 0.1) is 10.5 Å². The molecule has 1 aromatic carbocycles. The second kappa shape index (κ2) is 7.59. The third-order valence-electron chi connectivity index (χ3n) is 3.20. The molecule has 20 heavy (non-hydrogen) atoms. The van der Waals surface area contributed by atoms with Gasteiger partial charge in [-0.1, -0.05) is 30.3 Å². The van der Waals surface area contributed by atoms with Crippen molar-refractivity contribution in [1.29, 1.82) is 0 Å². The third-order valence-corrected chi connectivity index (χ3v) is 4.29. The van der Waals surface area contributed by atoms with Gasteiger partial charge in [0.25, 0.3) is 0 Å². The van der Waals surface area contributed by atoms with Crippen molar-refractivity contribution in [2.24, 2.45) is 0 Å². The summed E-state index contributed by atoms with van der Waals surface area (Å²) in [6.45, 7) is 2.98. The van der Waals surface area contributed by atoms with Crippen molar-refractivity contribution in [2.45, 2.75) is 19.4 Å². The van der Waals surface area contributed by atoms with Crippen LogP contribution in [0.5, 0.6) is 5.75 Å². The normalized spacial score (nSPS) is 12.2. The van der Waals surface area contributed by atoms with Gasteiger partial charge in [-0.3, -0.25) is 4.98 Å². The van der Waals surface area contributed by atoms with Crippen LogP contribution in [-0.4, -0.2) is 18.6 Å². The minimum Gasteiger partial charge on any atom is -0.484 e. The molecule has 0 saturated carbocycles. The van der Waals surface area contributed by atoms with Crippen molar-refractivity contribution in [3.8, 4) is 5.75 Å². The summed E-state index contributed by atoms with van der Waals surface area (Å²) in [7, 11) is 1.96. The highest BCUT2D eigenvalue weighted by molar-refractivity contribution is 14.1. The van der Waals surface area contributed by atoms with E-state index in [1.807, 2.05) is 31.4 Å². The van der Waals surface area contributed by atoms with Crippen LogP contribution in [0.3, 0.4) is 0 Å². The lowest BCUT2D eigenvalue weighted by atomic mass is 10.1. The van der Waals surface area contributed by atoms with Gasteiger partial charge in [0.1, 0.15) is 11.9 Å². The van der Waals surface area contributed by atoms with Crippen molar-refractivity contribution < 1.29 is 4.74 Å². The Morgan fingerprint density at radius 3 is 2.70 bits per heavy atom. The van der Waals surface area contributed by atoms with Gasteiger partial charge in [-0.15, -0.1) is 0 Å². The maximum atomic E-state index is 6.21. The number of nitrogens with one attached hydrogen (secondary N) is 1. The van der Waals surface area contributed by atoms with E-state index in [1.165, 1.54) is 5.56 Å². The van der Waals surface area contributed by atoms with Gasteiger partial charge >= 0.3 is 0 Å². The highest BCUT2D eigenvalue weighted by atomic mass is 127. The SMILES string of the molecule is CNCCC(Oc1cncc(I)c1C)c1ccccc1. The monoisotopic (exact) mass is 382 g/mol. The summed E-state index contributed by atoms with van der Waals surface area (Å²) in [6, 6.07) is 10.3. The molecular weight excluding hydrogens is 363 g/mol. The fraction of sp³-hybridized carbons (Fsp3) is 0.312. The Kier molecular flexibility index (Phi) is 5.79. The second-order valence-corrected chi connectivity index (χ2v) is 5.82. The van der Waals surface area contributed by atoms with Crippen LogP contribution in [0.25, 0.3) is 0 Å². The van der Waals surface area contributed by atoms with E-state index in [4.69, 9.17) is 4.74 Å². The summed E-state index contributed by atoms with van der Waals surface area (Å²) in [6.07, 6.45) is 4.62. The van der Waals surface area contributed by atoms with E-state index in [0.717, 1.165) is 27.8 Å². The molecule has 0 bridgehead atoms. The molecule has 1 atom stereocenters. The first-order valence-electron chi connectivity index (χ1n) is 6.68. The number of nitrogens with zero attached hydrogens (tertiary/aromatic N) is 1. The third kappa shape index (κ3) is 3.93. The predicted molar refractivity (Wildman–Crippen MR) is 90.0 cm³/mol. The summed E-state index contributed by atoms with van der Waals surface area (Å²) in [5, 5.41) is 3.18. The molecule has 3 nitrogen and oxygen atoms in total. The number of pyridine rings is 1. The summed E-state index contributed by atoms with van der Waals surface area (Å²) in [5.41, 5.74) is 2.34. The summed E-state index contributed by atoms with van der Waals surface area (Å²) >= 11 is 2.29. The predicted octanol–water partition coefficient (Wildman–Crippen LogP) is 3.72. The van der Waals surface area contributed by atoms with E-state index < -0.39 is 0 Å². The zero-order chi connectivity index (χ0) is 14.4. The van der Waals surface area contributed by atoms with E-state index in [1.54, 1.807) is 6.20 Å². The van der Waals surface area contributed by atoms with E-state index in [2.05, 4.69) is 51.9 Å². The number of hydrogen-bond acceptors (Lipinski definition) is 3. The Morgan fingerprint density at radius 2 is 2.00 bits per heavy atom.